The number of nitrogens with zero attached hydrogens (tertiary/aromatic N) is 3. The molecule has 1 aromatic heterocycles. The van der Waals surface area contributed by atoms with Crippen LogP contribution < -0.4 is 5.32 Å². The Bertz CT molecular complexity index is 784. The zero-order valence-corrected chi connectivity index (χ0v) is 14.2. The number of carbonyl (C=O) groups is 2. The Kier molecular flexibility index (Phi) is 4.53. The van der Waals surface area contributed by atoms with Crippen molar-refractivity contribution in [3.8, 4) is 0 Å². The van der Waals surface area contributed by atoms with Gasteiger partial charge in [0.2, 0.25) is 5.91 Å². The number of urea groups is 1. The molecule has 3 amide bonds. The van der Waals surface area contributed by atoms with E-state index >= 15 is 0 Å². The summed E-state index contributed by atoms with van der Waals surface area (Å²) < 4.78 is 0. The van der Waals surface area contributed by atoms with Gasteiger partial charge in [-0.15, -0.1) is 0 Å². The minimum absolute atomic E-state index is 0.00916. The summed E-state index contributed by atoms with van der Waals surface area (Å²) in [7, 11) is 0. The van der Waals surface area contributed by atoms with Crippen molar-refractivity contribution in [2.75, 3.05) is 11.9 Å². The molecule has 0 radical (unpaired) electrons. The highest BCUT2D eigenvalue weighted by Crippen LogP contribution is 2.31. The van der Waals surface area contributed by atoms with E-state index in [0.717, 1.165) is 12.0 Å². The van der Waals surface area contributed by atoms with Gasteiger partial charge in [0.05, 0.1) is 6.04 Å². The van der Waals surface area contributed by atoms with Crippen LogP contribution in [0.25, 0.3) is 0 Å². The van der Waals surface area contributed by atoms with E-state index in [1.807, 2.05) is 30.3 Å². The maximum atomic E-state index is 12.7. The number of hydrogen-bond donors (Lipinski definition) is 1. The summed E-state index contributed by atoms with van der Waals surface area (Å²) in [5, 5.41) is 4.22. The fraction of sp³-hybridized carbons (Fsp3) is 0.316. The predicted octanol–water partition coefficient (Wildman–Crippen LogP) is 2.42. The molecule has 0 unspecified atom stereocenters. The van der Waals surface area contributed by atoms with E-state index in [1.54, 1.807) is 29.3 Å². The van der Waals surface area contributed by atoms with Gasteiger partial charge in [0, 0.05) is 12.7 Å². The van der Waals surface area contributed by atoms with E-state index in [-0.39, 0.29) is 18.0 Å². The molecular weight excluding hydrogens is 332 g/mol. The van der Waals surface area contributed by atoms with Crippen LogP contribution in [0.3, 0.4) is 0 Å². The van der Waals surface area contributed by atoms with E-state index in [4.69, 9.17) is 4.84 Å². The third-order valence-electron chi connectivity index (χ3n) is 4.75. The van der Waals surface area contributed by atoms with Crippen LogP contribution in [0.5, 0.6) is 0 Å². The second kappa shape index (κ2) is 7.13. The highest BCUT2D eigenvalue weighted by Gasteiger charge is 2.47. The van der Waals surface area contributed by atoms with Gasteiger partial charge in [-0.05, 0) is 30.5 Å². The summed E-state index contributed by atoms with van der Waals surface area (Å²) in [5.74, 6) is 0.281. The molecule has 2 aliphatic rings. The molecule has 4 rings (SSSR count). The van der Waals surface area contributed by atoms with Gasteiger partial charge < -0.3 is 10.2 Å². The largest absolute Gasteiger partial charge is 0.345 e. The third kappa shape index (κ3) is 3.25. The van der Waals surface area contributed by atoms with Crippen molar-refractivity contribution >= 4 is 17.8 Å². The maximum Gasteiger partial charge on any atom is 0.345 e. The minimum atomic E-state index is -0.494. The Morgan fingerprint density at radius 3 is 2.73 bits per heavy atom. The molecule has 1 N–H and O–H groups in total. The number of rotatable bonds is 5. The zero-order chi connectivity index (χ0) is 17.9. The summed E-state index contributed by atoms with van der Waals surface area (Å²) in [6, 6.07) is 14.3. The first-order chi connectivity index (χ1) is 12.7. The molecule has 0 aliphatic carbocycles. The lowest BCUT2D eigenvalue weighted by Crippen LogP contribution is -2.47. The summed E-state index contributed by atoms with van der Waals surface area (Å²) in [5.41, 5.74) is 1.00. The van der Waals surface area contributed by atoms with E-state index in [1.165, 1.54) is 5.06 Å². The number of carbonyl (C=O) groups excluding carboxylic acids is 2. The zero-order valence-electron chi connectivity index (χ0n) is 14.2. The summed E-state index contributed by atoms with van der Waals surface area (Å²) in [6.45, 7) is 0.843. The normalized spacial score (nSPS) is 21.8. The van der Waals surface area contributed by atoms with E-state index in [0.29, 0.717) is 25.4 Å². The summed E-state index contributed by atoms with van der Waals surface area (Å²) in [4.78, 5) is 36.7. The third-order valence-corrected chi connectivity index (χ3v) is 4.75. The molecule has 2 fully saturated rings. The molecule has 2 aromatic rings. The quantitative estimate of drug-likeness (QED) is 0.897. The lowest BCUT2D eigenvalue weighted by atomic mass is 10.0. The van der Waals surface area contributed by atoms with Crippen LogP contribution in [-0.2, 0) is 16.2 Å². The monoisotopic (exact) mass is 352 g/mol. The number of hydrogen-bond acceptors (Lipinski definition) is 4. The molecule has 3 heterocycles. The van der Waals surface area contributed by atoms with Crippen molar-refractivity contribution in [2.24, 2.45) is 0 Å². The van der Waals surface area contributed by atoms with Gasteiger partial charge in [-0.25, -0.2) is 9.78 Å². The number of nitrogens with one attached hydrogen (secondary N) is 1. The average Bonchev–Trinajstić information content (AvgIpc) is 2.92. The number of fused-ring (bicyclic) bond motifs is 2. The number of amides is 3. The van der Waals surface area contributed by atoms with Crippen LogP contribution in [0.2, 0.25) is 0 Å². The van der Waals surface area contributed by atoms with Gasteiger partial charge in [-0.1, -0.05) is 36.4 Å². The van der Waals surface area contributed by atoms with Crippen molar-refractivity contribution in [2.45, 2.75) is 31.5 Å². The summed E-state index contributed by atoms with van der Waals surface area (Å²) in [6.07, 6.45) is 2.96. The maximum absolute atomic E-state index is 12.7. The van der Waals surface area contributed by atoms with Crippen molar-refractivity contribution in [1.82, 2.24) is 14.9 Å². The Labute approximate surface area is 151 Å². The molecular formula is C19H20N4O3. The Morgan fingerprint density at radius 2 is 1.96 bits per heavy atom. The van der Waals surface area contributed by atoms with Crippen molar-refractivity contribution in [1.29, 1.82) is 0 Å². The minimum Gasteiger partial charge on any atom is -0.309 e. The van der Waals surface area contributed by atoms with Gasteiger partial charge in [0.1, 0.15) is 18.5 Å². The standard InChI is InChI=1S/C19H20N4O3/c24-18(21-17-8-4-5-11-20-17)16-10-9-15-12-22(16)19(25)23(15)26-13-14-6-2-1-3-7-14/h1-8,11,15-16H,9-10,12-13H2,(H,20,21,24)/t15-,16-/m0/s1. The smallest absolute Gasteiger partial charge is 0.309 e. The summed E-state index contributed by atoms with van der Waals surface area (Å²) >= 11 is 0. The Hall–Kier alpha value is -2.93. The lowest BCUT2D eigenvalue weighted by Gasteiger charge is -2.29. The van der Waals surface area contributed by atoms with Gasteiger partial charge in [0.15, 0.2) is 0 Å². The SMILES string of the molecule is O=C(Nc1ccccn1)[C@@H]1CC[C@H]2CN1C(=O)N2OCc1ccccc1. The highest BCUT2D eigenvalue weighted by atomic mass is 16.7. The molecule has 2 bridgehead atoms. The number of piperidine rings is 1. The van der Waals surface area contributed by atoms with Gasteiger partial charge >= 0.3 is 6.03 Å². The van der Waals surface area contributed by atoms with E-state index in [9.17, 15) is 9.59 Å². The van der Waals surface area contributed by atoms with Gasteiger partial charge in [0.25, 0.3) is 0 Å². The van der Waals surface area contributed by atoms with Crippen LogP contribution in [0.15, 0.2) is 54.7 Å². The van der Waals surface area contributed by atoms with Crippen LogP contribution in [0, 0.1) is 0 Å². The van der Waals surface area contributed by atoms with Crippen LogP contribution in [-0.4, -0.2) is 45.5 Å². The predicted molar refractivity (Wildman–Crippen MR) is 94.8 cm³/mol. The molecule has 2 saturated heterocycles. The molecule has 0 saturated carbocycles. The lowest BCUT2D eigenvalue weighted by molar-refractivity contribution is -0.140. The molecule has 26 heavy (non-hydrogen) atoms. The Balaban J connectivity index is 1.40. The van der Waals surface area contributed by atoms with E-state index < -0.39 is 6.04 Å². The second-order valence-corrected chi connectivity index (χ2v) is 6.47. The number of anilines is 1. The molecule has 1 aromatic carbocycles. The molecule has 2 aliphatic heterocycles. The van der Waals surface area contributed by atoms with Crippen molar-refractivity contribution in [3.05, 3.63) is 60.3 Å². The molecule has 7 nitrogen and oxygen atoms in total. The molecule has 134 valence electrons. The van der Waals surface area contributed by atoms with Crippen LogP contribution in [0.1, 0.15) is 18.4 Å². The molecule has 2 atom stereocenters. The van der Waals surface area contributed by atoms with Crippen molar-refractivity contribution < 1.29 is 14.4 Å². The van der Waals surface area contributed by atoms with Crippen LogP contribution >= 0.6 is 0 Å². The van der Waals surface area contributed by atoms with Crippen LogP contribution in [0.4, 0.5) is 10.6 Å². The van der Waals surface area contributed by atoms with Gasteiger partial charge in [-0.3, -0.25) is 9.63 Å². The fourth-order valence-corrected chi connectivity index (χ4v) is 3.44. The first kappa shape index (κ1) is 16.5. The number of aromatic nitrogens is 1. The first-order valence-corrected chi connectivity index (χ1v) is 8.71. The highest BCUT2D eigenvalue weighted by molar-refractivity contribution is 5.97. The fourth-order valence-electron chi connectivity index (χ4n) is 3.44. The molecule has 7 heteroatoms. The average molecular weight is 352 g/mol. The van der Waals surface area contributed by atoms with Crippen molar-refractivity contribution in [3.63, 3.8) is 0 Å². The molecule has 0 spiro atoms. The topological polar surface area (TPSA) is 74.8 Å². The Morgan fingerprint density at radius 1 is 1.15 bits per heavy atom. The second-order valence-electron chi connectivity index (χ2n) is 6.47. The number of hydroxylamine groups is 2. The van der Waals surface area contributed by atoms with E-state index in [2.05, 4.69) is 10.3 Å². The number of pyridine rings is 1. The number of benzene rings is 1. The van der Waals surface area contributed by atoms with Gasteiger partial charge in [-0.2, -0.15) is 5.06 Å². The first-order valence-electron chi connectivity index (χ1n) is 8.71.